The SMILES string of the molecule is CC1(C)C2CC[C@@]3(C)C4CC[C@@]5(C(=O)O)CC[C@@H](C(O)CO)C5C4CCC3[C@@]2(C)CC[C@@H]1O. The van der Waals surface area contributed by atoms with Crippen LogP contribution in [0, 0.1) is 57.2 Å². The van der Waals surface area contributed by atoms with E-state index in [9.17, 15) is 25.2 Å². The third-order valence-corrected chi connectivity index (χ3v) is 12.7. The third kappa shape index (κ3) is 3.03. The molecule has 0 saturated heterocycles. The van der Waals surface area contributed by atoms with Gasteiger partial charge in [0.25, 0.3) is 0 Å². The molecule has 0 aromatic rings. The summed E-state index contributed by atoms with van der Waals surface area (Å²) in [6, 6.07) is 0. The monoisotopic (exact) mass is 462 g/mol. The predicted octanol–water partition coefficient (Wildman–Crippen LogP) is 4.48. The number of hydrogen-bond acceptors (Lipinski definition) is 4. The maximum absolute atomic E-state index is 12.6. The number of aliphatic hydroxyl groups is 3. The summed E-state index contributed by atoms with van der Waals surface area (Å²) in [5, 5.41) is 41.6. The first kappa shape index (κ1) is 24.1. The smallest absolute Gasteiger partial charge is 0.309 e. The van der Waals surface area contributed by atoms with Crippen molar-refractivity contribution in [2.45, 2.75) is 104 Å². The van der Waals surface area contributed by atoms with Crippen molar-refractivity contribution < 1.29 is 25.2 Å². The van der Waals surface area contributed by atoms with Crippen molar-refractivity contribution in [2.75, 3.05) is 6.61 Å². The van der Waals surface area contributed by atoms with E-state index in [4.69, 9.17) is 0 Å². The maximum atomic E-state index is 12.6. The Bertz CT molecular complexity index is 795. The van der Waals surface area contributed by atoms with E-state index >= 15 is 0 Å². The molecule has 0 radical (unpaired) electrons. The highest BCUT2D eigenvalue weighted by Gasteiger charge is 2.68. The largest absolute Gasteiger partial charge is 0.481 e. The molecular formula is C28H46O5. The summed E-state index contributed by atoms with van der Waals surface area (Å²) >= 11 is 0. The minimum absolute atomic E-state index is 0.0242. The highest BCUT2D eigenvalue weighted by molar-refractivity contribution is 5.76. The average molecular weight is 463 g/mol. The van der Waals surface area contributed by atoms with Gasteiger partial charge in [0.05, 0.1) is 24.2 Å². The average Bonchev–Trinajstić information content (AvgIpc) is 3.17. The molecule has 0 aromatic carbocycles. The Kier molecular flexibility index (Phi) is 5.59. The first-order chi connectivity index (χ1) is 15.4. The van der Waals surface area contributed by atoms with Gasteiger partial charge in [-0.05, 0) is 116 Å². The Labute approximate surface area is 199 Å². The molecule has 5 nitrogen and oxygen atoms in total. The van der Waals surface area contributed by atoms with Gasteiger partial charge in [-0.15, -0.1) is 0 Å². The fourth-order valence-corrected chi connectivity index (χ4v) is 11.2. The number of fused-ring (bicyclic) bond motifs is 7. The zero-order chi connectivity index (χ0) is 24.0. The molecule has 6 unspecified atom stereocenters. The lowest BCUT2D eigenvalue weighted by Gasteiger charge is -2.69. The number of aliphatic hydroxyl groups excluding tert-OH is 3. The number of hydrogen-bond donors (Lipinski definition) is 4. The third-order valence-electron chi connectivity index (χ3n) is 12.7. The lowest BCUT2D eigenvalue weighted by atomic mass is 9.36. The van der Waals surface area contributed by atoms with Crippen LogP contribution in [0.4, 0.5) is 0 Å². The Balaban J connectivity index is 1.51. The van der Waals surface area contributed by atoms with Gasteiger partial charge in [0.15, 0.2) is 0 Å². The van der Waals surface area contributed by atoms with Crippen LogP contribution in [0.15, 0.2) is 0 Å². The molecule has 5 aliphatic rings. The van der Waals surface area contributed by atoms with Gasteiger partial charge in [0.2, 0.25) is 0 Å². The van der Waals surface area contributed by atoms with Crippen LogP contribution in [0.25, 0.3) is 0 Å². The molecule has 0 bridgehead atoms. The quantitative estimate of drug-likeness (QED) is 0.496. The summed E-state index contributed by atoms with van der Waals surface area (Å²) in [5.74, 6) is 1.15. The van der Waals surface area contributed by atoms with Crippen LogP contribution in [0.3, 0.4) is 0 Å². The molecule has 5 rings (SSSR count). The van der Waals surface area contributed by atoms with E-state index in [1.807, 2.05) is 0 Å². The minimum atomic E-state index is -0.811. The number of carbonyl (C=O) groups is 1. The molecule has 0 heterocycles. The van der Waals surface area contributed by atoms with Crippen LogP contribution in [-0.4, -0.2) is 45.2 Å². The maximum Gasteiger partial charge on any atom is 0.309 e. The molecule has 188 valence electrons. The Morgan fingerprint density at radius 1 is 0.879 bits per heavy atom. The van der Waals surface area contributed by atoms with Crippen LogP contribution in [0.1, 0.15) is 91.9 Å². The topological polar surface area (TPSA) is 98.0 Å². The van der Waals surface area contributed by atoms with Gasteiger partial charge in [-0.3, -0.25) is 4.79 Å². The Morgan fingerprint density at radius 3 is 2.21 bits per heavy atom. The molecule has 5 heteroatoms. The van der Waals surface area contributed by atoms with Gasteiger partial charge >= 0.3 is 5.97 Å². The zero-order valence-corrected chi connectivity index (χ0v) is 21.1. The van der Waals surface area contributed by atoms with Crippen LogP contribution in [0.2, 0.25) is 0 Å². The highest BCUT2D eigenvalue weighted by Crippen LogP contribution is 2.73. The molecule has 5 saturated carbocycles. The van der Waals surface area contributed by atoms with Crippen molar-refractivity contribution in [3.8, 4) is 0 Å². The van der Waals surface area contributed by atoms with E-state index < -0.39 is 17.5 Å². The number of carboxylic acids is 1. The number of rotatable bonds is 3. The second kappa shape index (κ2) is 7.67. The Morgan fingerprint density at radius 2 is 1.55 bits per heavy atom. The molecule has 0 spiro atoms. The van der Waals surface area contributed by atoms with E-state index in [-0.39, 0.29) is 40.8 Å². The second-order valence-corrected chi connectivity index (χ2v) is 13.9. The van der Waals surface area contributed by atoms with Gasteiger partial charge in [-0.2, -0.15) is 0 Å². The van der Waals surface area contributed by atoms with E-state index in [0.29, 0.717) is 36.5 Å². The predicted molar refractivity (Wildman–Crippen MR) is 126 cm³/mol. The van der Waals surface area contributed by atoms with E-state index in [1.165, 1.54) is 0 Å². The van der Waals surface area contributed by atoms with Crippen LogP contribution in [0.5, 0.6) is 0 Å². The second-order valence-electron chi connectivity index (χ2n) is 13.9. The standard InChI is InChI=1S/C28H46O5/c1-25(2)20-9-11-26(3)18-8-14-28(24(32)33)13-7-17(19(30)15-29)23(28)16(18)5-6-21(26)27(20,4)12-10-22(25)31/h16-23,29-31H,5-15H2,1-4H3,(H,32,33)/t16?,17-,18?,19?,20?,21?,22-,23?,26-,27-,28-/m0/s1. The van der Waals surface area contributed by atoms with Gasteiger partial charge in [-0.25, -0.2) is 0 Å². The normalized spacial score (nSPS) is 53.8. The van der Waals surface area contributed by atoms with E-state index in [2.05, 4.69) is 27.7 Å². The lowest BCUT2D eigenvalue weighted by Crippen LogP contribution is -2.64. The van der Waals surface area contributed by atoms with Crippen molar-refractivity contribution >= 4 is 5.97 Å². The molecule has 33 heavy (non-hydrogen) atoms. The summed E-state index contributed by atoms with van der Waals surface area (Å²) in [7, 11) is 0. The summed E-state index contributed by atoms with van der Waals surface area (Å²) in [5.41, 5.74) is -0.364. The summed E-state index contributed by atoms with van der Waals surface area (Å²) < 4.78 is 0. The van der Waals surface area contributed by atoms with E-state index in [1.54, 1.807) is 0 Å². The van der Waals surface area contributed by atoms with Crippen LogP contribution < -0.4 is 0 Å². The van der Waals surface area contributed by atoms with Crippen molar-refractivity contribution in [1.29, 1.82) is 0 Å². The molecule has 0 aliphatic heterocycles. The Hall–Kier alpha value is -0.650. The van der Waals surface area contributed by atoms with Crippen molar-refractivity contribution in [3.63, 3.8) is 0 Å². The van der Waals surface area contributed by atoms with Gasteiger partial charge in [0, 0.05) is 0 Å². The van der Waals surface area contributed by atoms with Gasteiger partial charge in [0.1, 0.15) is 0 Å². The minimum Gasteiger partial charge on any atom is -0.481 e. The molecule has 0 aromatic heterocycles. The fourth-order valence-electron chi connectivity index (χ4n) is 11.2. The first-order valence-corrected chi connectivity index (χ1v) is 13.6. The van der Waals surface area contributed by atoms with Crippen molar-refractivity contribution in [3.05, 3.63) is 0 Å². The zero-order valence-electron chi connectivity index (χ0n) is 21.1. The van der Waals surface area contributed by atoms with Crippen LogP contribution in [-0.2, 0) is 4.79 Å². The highest BCUT2D eigenvalue weighted by atomic mass is 16.4. The van der Waals surface area contributed by atoms with Gasteiger partial charge < -0.3 is 20.4 Å². The van der Waals surface area contributed by atoms with Gasteiger partial charge in [-0.1, -0.05) is 27.7 Å². The molecular weight excluding hydrogens is 416 g/mol. The summed E-state index contributed by atoms with van der Waals surface area (Å²) in [4.78, 5) is 12.6. The molecule has 4 N–H and O–H groups in total. The first-order valence-electron chi connectivity index (χ1n) is 13.6. The fraction of sp³-hybridized carbons (Fsp3) is 0.964. The van der Waals surface area contributed by atoms with Crippen molar-refractivity contribution in [1.82, 2.24) is 0 Å². The summed E-state index contributed by atoms with van der Waals surface area (Å²) in [6.45, 7) is 9.29. The molecule has 11 atom stereocenters. The number of carboxylic acid groups (broad SMARTS) is 1. The van der Waals surface area contributed by atoms with E-state index in [0.717, 1.165) is 51.4 Å². The number of aliphatic carboxylic acids is 1. The molecule has 0 amide bonds. The van der Waals surface area contributed by atoms with Crippen LogP contribution >= 0.6 is 0 Å². The van der Waals surface area contributed by atoms with Crippen molar-refractivity contribution in [2.24, 2.45) is 57.2 Å². The lowest BCUT2D eigenvalue weighted by molar-refractivity contribution is -0.220. The molecule has 5 aliphatic carbocycles. The molecule has 5 fully saturated rings. The summed E-state index contributed by atoms with van der Waals surface area (Å²) in [6.07, 6.45) is 8.49.